The second-order valence-electron chi connectivity index (χ2n) is 5.79. The van der Waals surface area contributed by atoms with E-state index in [0.717, 1.165) is 16.5 Å². The Kier molecular flexibility index (Phi) is 3.84. The van der Waals surface area contributed by atoms with Gasteiger partial charge >= 0.3 is 0 Å². The van der Waals surface area contributed by atoms with Crippen LogP contribution in [0.15, 0.2) is 47.3 Å². The van der Waals surface area contributed by atoms with Crippen LogP contribution in [0.5, 0.6) is 0 Å². The summed E-state index contributed by atoms with van der Waals surface area (Å²) in [5.74, 6) is 0.374. The van der Waals surface area contributed by atoms with Gasteiger partial charge in [-0.3, -0.25) is 4.79 Å². The third kappa shape index (κ3) is 2.76. The second-order valence-corrected chi connectivity index (χ2v) is 5.79. The molecule has 0 aliphatic carbocycles. The number of nitriles is 1. The van der Waals surface area contributed by atoms with Gasteiger partial charge in [-0.1, -0.05) is 24.3 Å². The number of H-pyrrole nitrogens is 2. The molecule has 8 nitrogen and oxygen atoms in total. The summed E-state index contributed by atoms with van der Waals surface area (Å²) in [5, 5.41) is 29.1. The smallest absolute Gasteiger partial charge is 0.272 e. The molecule has 26 heavy (non-hydrogen) atoms. The lowest BCUT2D eigenvalue weighted by Crippen LogP contribution is -2.18. The highest BCUT2D eigenvalue weighted by Crippen LogP contribution is 2.27. The summed E-state index contributed by atoms with van der Waals surface area (Å²) in [5.41, 5.74) is 2.67. The molecule has 0 saturated carbocycles. The number of nitrogens with zero attached hydrogens (tertiary/aromatic N) is 3. The van der Waals surface area contributed by atoms with Gasteiger partial charge in [0.1, 0.15) is 6.23 Å². The number of aromatic nitrogens is 4. The average Bonchev–Trinajstić information content (AvgIpc) is 3.03. The van der Waals surface area contributed by atoms with Gasteiger partial charge in [-0.15, -0.1) is 0 Å². The Bertz CT molecular complexity index is 1200. The van der Waals surface area contributed by atoms with E-state index in [-0.39, 0.29) is 12.0 Å². The minimum absolute atomic E-state index is 0.0460. The number of imidazole rings is 1. The highest BCUT2D eigenvalue weighted by atomic mass is 16.3. The highest BCUT2D eigenvalue weighted by Gasteiger charge is 2.11. The number of anilines is 1. The summed E-state index contributed by atoms with van der Waals surface area (Å²) in [7, 11) is 0. The topological polar surface area (TPSA) is 130 Å². The molecule has 128 valence electrons. The van der Waals surface area contributed by atoms with Crippen molar-refractivity contribution in [2.24, 2.45) is 0 Å². The maximum Gasteiger partial charge on any atom is 0.272 e. The predicted molar refractivity (Wildman–Crippen MR) is 97.3 cm³/mol. The average molecular weight is 346 g/mol. The van der Waals surface area contributed by atoms with Crippen molar-refractivity contribution in [2.75, 3.05) is 5.32 Å². The molecule has 1 atom stereocenters. The molecule has 2 aromatic carbocycles. The lowest BCUT2D eigenvalue weighted by Gasteiger charge is -2.06. The largest absolute Gasteiger partial charge is 0.373 e. The molecule has 4 rings (SSSR count). The van der Waals surface area contributed by atoms with Crippen LogP contribution in [0.25, 0.3) is 33.1 Å². The fourth-order valence-electron chi connectivity index (χ4n) is 2.85. The van der Waals surface area contributed by atoms with Crippen LogP contribution in [-0.2, 0) is 0 Å². The van der Waals surface area contributed by atoms with Gasteiger partial charge < -0.3 is 15.4 Å². The van der Waals surface area contributed by atoms with E-state index in [1.54, 1.807) is 6.07 Å². The third-order valence-electron chi connectivity index (χ3n) is 4.04. The SMILES string of the molecule is N#CCC(O)Nc1nc2cc(-c3n[nH]c(=O)c4ccccc34)ccc2[nH]1. The van der Waals surface area contributed by atoms with Crippen molar-refractivity contribution in [3.8, 4) is 17.3 Å². The Balaban J connectivity index is 1.78. The second kappa shape index (κ2) is 6.31. The van der Waals surface area contributed by atoms with E-state index in [2.05, 4.69) is 25.5 Å². The number of fused-ring (bicyclic) bond motifs is 2. The molecule has 0 spiro atoms. The Morgan fingerprint density at radius 1 is 1.23 bits per heavy atom. The first kappa shape index (κ1) is 15.8. The number of hydrogen-bond donors (Lipinski definition) is 4. The lowest BCUT2D eigenvalue weighted by atomic mass is 10.0. The molecule has 0 radical (unpaired) electrons. The number of hydrogen-bond acceptors (Lipinski definition) is 6. The Labute approximate surface area is 147 Å². The van der Waals surface area contributed by atoms with Crippen molar-refractivity contribution in [1.82, 2.24) is 20.2 Å². The first-order valence-corrected chi connectivity index (χ1v) is 7.95. The van der Waals surface area contributed by atoms with Crippen molar-refractivity contribution in [3.05, 3.63) is 52.8 Å². The zero-order chi connectivity index (χ0) is 18.1. The number of aliphatic hydroxyl groups is 1. The Hall–Kier alpha value is -3.70. The molecule has 2 heterocycles. The van der Waals surface area contributed by atoms with Crippen molar-refractivity contribution in [3.63, 3.8) is 0 Å². The maximum absolute atomic E-state index is 11.9. The van der Waals surface area contributed by atoms with Gasteiger partial charge in [0.25, 0.3) is 5.56 Å². The fraction of sp³-hybridized carbons (Fsp3) is 0.111. The fourth-order valence-corrected chi connectivity index (χ4v) is 2.85. The predicted octanol–water partition coefficient (Wildman–Crippen LogP) is 2.11. The molecule has 4 aromatic rings. The molecule has 0 saturated heterocycles. The molecule has 1 unspecified atom stereocenters. The molecule has 0 aliphatic heterocycles. The summed E-state index contributed by atoms with van der Waals surface area (Å²) < 4.78 is 0. The minimum atomic E-state index is -0.996. The van der Waals surface area contributed by atoms with E-state index in [9.17, 15) is 9.90 Å². The molecule has 4 N–H and O–H groups in total. The van der Waals surface area contributed by atoms with Crippen LogP contribution in [0, 0.1) is 11.3 Å². The zero-order valence-corrected chi connectivity index (χ0v) is 13.5. The Morgan fingerprint density at radius 2 is 2.04 bits per heavy atom. The molecule has 0 aliphatic rings. The first-order valence-electron chi connectivity index (χ1n) is 7.95. The van der Waals surface area contributed by atoms with Gasteiger partial charge in [0, 0.05) is 10.9 Å². The summed E-state index contributed by atoms with van der Waals surface area (Å²) in [6.45, 7) is 0. The normalized spacial score (nSPS) is 12.2. The lowest BCUT2D eigenvalue weighted by molar-refractivity contribution is 0.208. The van der Waals surface area contributed by atoms with E-state index in [0.29, 0.717) is 22.5 Å². The van der Waals surface area contributed by atoms with Crippen LogP contribution >= 0.6 is 0 Å². The van der Waals surface area contributed by atoms with E-state index in [1.807, 2.05) is 42.5 Å². The Morgan fingerprint density at radius 3 is 2.85 bits per heavy atom. The quantitative estimate of drug-likeness (QED) is 0.419. The number of benzene rings is 2. The molecular formula is C18H14N6O2. The van der Waals surface area contributed by atoms with E-state index in [4.69, 9.17) is 5.26 Å². The van der Waals surface area contributed by atoms with Crippen LogP contribution in [0.1, 0.15) is 6.42 Å². The van der Waals surface area contributed by atoms with E-state index >= 15 is 0 Å². The van der Waals surface area contributed by atoms with Crippen molar-refractivity contribution < 1.29 is 5.11 Å². The molecule has 0 fully saturated rings. The van der Waals surface area contributed by atoms with E-state index < -0.39 is 6.23 Å². The van der Waals surface area contributed by atoms with Gasteiger partial charge in [0.15, 0.2) is 0 Å². The highest BCUT2D eigenvalue weighted by molar-refractivity contribution is 5.95. The molecule has 2 aromatic heterocycles. The minimum Gasteiger partial charge on any atom is -0.373 e. The van der Waals surface area contributed by atoms with Gasteiger partial charge in [0.05, 0.1) is 34.6 Å². The zero-order valence-electron chi connectivity index (χ0n) is 13.5. The van der Waals surface area contributed by atoms with Crippen LogP contribution in [-0.4, -0.2) is 31.5 Å². The van der Waals surface area contributed by atoms with E-state index in [1.165, 1.54) is 0 Å². The van der Waals surface area contributed by atoms with Crippen LogP contribution in [0.4, 0.5) is 5.95 Å². The number of nitrogens with one attached hydrogen (secondary N) is 3. The summed E-state index contributed by atoms with van der Waals surface area (Å²) in [6.07, 6.45) is -1.04. The van der Waals surface area contributed by atoms with Gasteiger partial charge in [-0.2, -0.15) is 10.4 Å². The monoisotopic (exact) mass is 346 g/mol. The van der Waals surface area contributed by atoms with Gasteiger partial charge in [0.2, 0.25) is 5.95 Å². The molecular weight excluding hydrogens is 332 g/mol. The maximum atomic E-state index is 11.9. The molecule has 8 heteroatoms. The summed E-state index contributed by atoms with van der Waals surface area (Å²) in [4.78, 5) is 19.4. The number of rotatable bonds is 4. The van der Waals surface area contributed by atoms with Crippen LogP contribution in [0.3, 0.4) is 0 Å². The van der Waals surface area contributed by atoms with Gasteiger partial charge in [-0.25, -0.2) is 10.1 Å². The first-order chi connectivity index (χ1) is 12.7. The van der Waals surface area contributed by atoms with Crippen LogP contribution < -0.4 is 10.9 Å². The van der Waals surface area contributed by atoms with Crippen LogP contribution in [0.2, 0.25) is 0 Å². The van der Waals surface area contributed by atoms with Crippen molar-refractivity contribution in [2.45, 2.75) is 12.6 Å². The summed E-state index contributed by atoms with van der Waals surface area (Å²) >= 11 is 0. The third-order valence-corrected chi connectivity index (χ3v) is 4.04. The molecule has 0 bridgehead atoms. The molecule has 0 amide bonds. The standard InChI is InChI=1S/C18H14N6O2/c19-8-7-15(25)22-18-20-13-6-5-10(9-14(13)21-18)16-11-3-1-2-4-12(11)17(26)24-23-16/h1-6,9,15,25H,7H2,(H,24,26)(H2,20,21,22). The van der Waals surface area contributed by atoms with Crippen molar-refractivity contribution in [1.29, 1.82) is 5.26 Å². The van der Waals surface area contributed by atoms with Crippen molar-refractivity contribution >= 4 is 27.8 Å². The summed E-state index contributed by atoms with van der Waals surface area (Å²) in [6, 6.07) is 14.7. The number of aliphatic hydroxyl groups excluding tert-OH is 1. The van der Waals surface area contributed by atoms with Gasteiger partial charge in [-0.05, 0) is 18.2 Å². The number of aromatic amines is 2.